The van der Waals surface area contributed by atoms with Crippen molar-refractivity contribution in [3.05, 3.63) is 185 Å². The number of phenols is 1. The zero-order valence-electron chi connectivity index (χ0n) is 51.8. The minimum absolute atomic E-state index is 0.0454. The number of carbonyl (C=O) groups is 1. The molecule has 0 bridgehead atoms. The Labute approximate surface area is 576 Å². The highest BCUT2D eigenvalue weighted by molar-refractivity contribution is 9.11. The number of rotatable bonds is 10. The van der Waals surface area contributed by atoms with Gasteiger partial charge in [0.25, 0.3) is 5.91 Å². The lowest BCUT2D eigenvalue weighted by atomic mass is 9.96. The molecule has 4 aromatic carbocycles. The summed E-state index contributed by atoms with van der Waals surface area (Å²) in [5, 5.41) is 18.2. The van der Waals surface area contributed by atoms with E-state index in [0.29, 0.717) is 24.8 Å². The number of aryl methyl sites for hydroxylation is 7. The van der Waals surface area contributed by atoms with Crippen LogP contribution in [-0.2, 0) is 51.9 Å². The van der Waals surface area contributed by atoms with E-state index in [4.69, 9.17) is 19.2 Å². The zero-order chi connectivity index (χ0) is 63.9. The second kappa shape index (κ2) is 26.9. The van der Waals surface area contributed by atoms with E-state index in [1.807, 2.05) is 96.4 Å². The van der Waals surface area contributed by atoms with Crippen LogP contribution in [0.3, 0.4) is 0 Å². The second-order valence-electron chi connectivity index (χ2n) is 23.4. The number of methoxy groups -OCH3 is 1. The third-order valence-electron chi connectivity index (χ3n) is 16.9. The molecule has 12 heterocycles. The monoisotopic (exact) mass is 1490 g/mol. The maximum Gasteiger partial charge on any atom is 0.290 e. The first-order chi connectivity index (χ1) is 44.6. The lowest BCUT2D eigenvalue weighted by molar-refractivity contribution is 0.0638. The van der Waals surface area contributed by atoms with E-state index in [9.17, 15) is 9.90 Å². The lowest BCUT2D eigenvalue weighted by Gasteiger charge is -2.32. The molecule has 21 heteroatoms. The molecule has 0 spiro atoms. The van der Waals surface area contributed by atoms with Gasteiger partial charge in [0, 0.05) is 61.0 Å². The highest BCUT2D eigenvalue weighted by Gasteiger charge is 2.34. The summed E-state index contributed by atoms with van der Waals surface area (Å²) in [5.41, 5.74) is 18.2. The number of carbonyl (C=O) groups excluding carboxylic acids is 1. The number of amides is 1. The van der Waals surface area contributed by atoms with Crippen molar-refractivity contribution >= 4 is 99.0 Å². The standard InChI is InChI=1S/C23H27N3O2S.C17H15BrN2OS.C16H13BrN2OS.C15H11BrN2OS/c1-6-28-16-9-10-17-15(14-16)11-12-26-20(17)19(18-8-7-13-29-18)24-21(26)22(27)25(5)23(2,3)4;1-2-21-14-8-11-5-6-20-10-19-16(15-4-3-7-22-15)17(20)12(11)9-13(14)18;1-20-13-7-10-4-5-19-9-18-15(14-3-2-6-21-14)16(19)11(10)8-12(13)17;16-11-7-10-9(6-12(11)19)3-4-18-8-17-14(15(10)18)13-2-1-5-20-13/h7-10,13-14H,6,11-12H2,1-5H3;3-4,7-10H,2,5-6H2,1H3;2-3,6-9H,4-5H2,1H3;1-2,5-8,19H,3-4H2. The number of nitrogens with zero attached hydrogens (tertiary/aromatic N) is 9. The van der Waals surface area contributed by atoms with Crippen molar-refractivity contribution in [1.82, 2.24) is 43.1 Å². The molecular weight excluding hydrogens is 1430 g/mol. The third-order valence-corrected chi connectivity index (χ3v) is 22.3. The number of benzene rings is 4. The van der Waals surface area contributed by atoms with Crippen LogP contribution in [0.5, 0.6) is 23.0 Å². The highest BCUT2D eigenvalue weighted by atomic mass is 79.9. The van der Waals surface area contributed by atoms with Gasteiger partial charge >= 0.3 is 0 Å². The Bertz CT molecular complexity index is 4640. The van der Waals surface area contributed by atoms with Crippen LogP contribution in [-0.4, -0.2) is 87.0 Å². The molecule has 0 unspecified atom stereocenters. The topological polar surface area (TPSA) is 140 Å². The SMILES string of the molecule is CCOc1cc2c(cc1Br)-c1c(-c3cccs3)ncn1CC2.CCOc1ccc2c(c1)CCn1c(C(=O)N(C)C(C)(C)C)nc(-c3cccs3)c1-2.COc1cc2c(cc1Br)-c1c(-c3cccs3)ncn1CC2.Oc1cc2c(cc1Br)-c1c(-c3cccs3)ncn1CC2. The number of hydrogen-bond acceptors (Lipinski definition) is 13. The molecule has 8 aromatic heterocycles. The van der Waals surface area contributed by atoms with E-state index in [0.717, 1.165) is 133 Å². The molecule has 1 amide bonds. The first kappa shape index (κ1) is 63.4. The molecule has 14 nitrogen and oxygen atoms in total. The second-order valence-corrected chi connectivity index (χ2v) is 29.7. The van der Waals surface area contributed by atoms with Gasteiger partial charge in [-0.25, -0.2) is 19.9 Å². The largest absolute Gasteiger partial charge is 0.507 e. The molecule has 470 valence electrons. The molecule has 0 fully saturated rings. The maximum atomic E-state index is 13.3. The van der Waals surface area contributed by atoms with Crippen LogP contribution in [0.1, 0.15) is 67.5 Å². The Kier molecular flexibility index (Phi) is 18.6. The van der Waals surface area contributed by atoms with Crippen molar-refractivity contribution in [1.29, 1.82) is 0 Å². The average molecular weight is 1490 g/mol. The van der Waals surface area contributed by atoms with Gasteiger partial charge in [0.15, 0.2) is 5.82 Å². The van der Waals surface area contributed by atoms with Gasteiger partial charge < -0.3 is 42.5 Å². The molecule has 16 rings (SSSR count). The molecular formula is C71H66Br3N9O5S4. The molecule has 1 N–H and O–H groups in total. The summed E-state index contributed by atoms with van der Waals surface area (Å²) in [6.07, 6.45) is 9.60. The van der Waals surface area contributed by atoms with Gasteiger partial charge in [0.1, 0.15) is 45.8 Å². The summed E-state index contributed by atoms with van der Waals surface area (Å²) < 4.78 is 28.3. The molecule has 0 saturated heterocycles. The molecule has 4 aliphatic rings. The summed E-state index contributed by atoms with van der Waals surface area (Å²) in [6, 6.07) is 35.3. The van der Waals surface area contributed by atoms with Crippen molar-refractivity contribution < 1.29 is 24.1 Å². The van der Waals surface area contributed by atoms with Crippen molar-refractivity contribution in [2.75, 3.05) is 27.4 Å². The Balaban J connectivity index is 0.000000113. The summed E-state index contributed by atoms with van der Waals surface area (Å²) in [4.78, 5) is 38.5. The van der Waals surface area contributed by atoms with Crippen molar-refractivity contribution in [3.63, 3.8) is 0 Å². The minimum atomic E-state index is -0.272. The quantitative estimate of drug-likeness (QED) is 0.142. The van der Waals surface area contributed by atoms with Crippen molar-refractivity contribution in [3.8, 4) is 110 Å². The normalized spacial score (nSPS) is 12.9. The van der Waals surface area contributed by atoms with Gasteiger partial charge in [-0.05, 0) is 231 Å². The van der Waals surface area contributed by atoms with Crippen molar-refractivity contribution in [2.24, 2.45) is 0 Å². The van der Waals surface area contributed by atoms with E-state index >= 15 is 0 Å². The zero-order valence-corrected chi connectivity index (χ0v) is 59.8. The Morgan fingerprint density at radius 3 is 1.43 bits per heavy atom. The molecule has 4 aliphatic heterocycles. The van der Waals surface area contributed by atoms with E-state index in [-0.39, 0.29) is 11.4 Å². The highest BCUT2D eigenvalue weighted by Crippen LogP contribution is 2.47. The van der Waals surface area contributed by atoms with Crippen molar-refractivity contribution in [2.45, 2.75) is 92.0 Å². The summed E-state index contributed by atoms with van der Waals surface area (Å²) in [5.74, 6) is 3.47. The van der Waals surface area contributed by atoms with Crippen LogP contribution >= 0.6 is 93.1 Å². The number of imidazole rings is 4. The number of fused-ring (bicyclic) bond motifs is 12. The van der Waals surface area contributed by atoms with Gasteiger partial charge in [0.05, 0.1) is 95.0 Å². The van der Waals surface area contributed by atoms with Gasteiger partial charge in [-0.15, -0.1) is 45.3 Å². The summed E-state index contributed by atoms with van der Waals surface area (Å²) in [7, 11) is 3.55. The Morgan fingerprint density at radius 1 is 0.543 bits per heavy atom. The van der Waals surface area contributed by atoms with Crippen LogP contribution in [0.25, 0.3) is 87.3 Å². The fraction of sp³-hybridized carbons (Fsp3) is 0.254. The van der Waals surface area contributed by atoms with Crippen LogP contribution < -0.4 is 14.2 Å². The number of halogens is 3. The van der Waals surface area contributed by atoms with E-state index in [2.05, 4.69) is 170 Å². The predicted octanol–water partition coefficient (Wildman–Crippen LogP) is 19.0. The number of thiophene rings is 4. The first-order valence-corrected chi connectivity index (χ1v) is 36.3. The number of ether oxygens (including phenoxy) is 3. The van der Waals surface area contributed by atoms with Gasteiger partial charge in [-0.2, -0.15) is 0 Å². The van der Waals surface area contributed by atoms with Crippen LogP contribution in [0.2, 0.25) is 0 Å². The van der Waals surface area contributed by atoms with Crippen LogP contribution in [0.15, 0.2) is 157 Å². The van der Waals surface area contributed by atoms with E-state index in [1.165, 1.54) is 59.4 Å². The van der Waals surface area contributed by atoms with E-state index in [1.54, 1.807) is 57.4 Å². The van der Waals surface area contributed by atoms with Crippen LogP contribution in [0, 0.1) is 0 Å². The minimum Gasteiger partial charge on any atom is -0.507 e. The summed E-state index contributed by atoms with van der Waals surface area (Å²) >= 11 is 17.5. The smallest absolute Gasteiger partial charge is 0.290 e. The lowest BCUT2D eigenvalue weighted by Crippen LogP contribution is -2.43. The number of aromatic nitrogens is 8. The molecule has 0 atom stereocenters. The van der Waals surface area contributed by atoms with Gasteiger partial charge in [-0.3, -0.25) is 4.79 Å². The predicted molar refractivity (Wildman–Crippen MR) is 384 cm³/mol. The Hall–Kier alpha value is -7.37. The van der Waals surface area contributed by atoms with Crippen LogP contribution in [0.4, 0.5) is 0 Å². The maximum absolute atomic E-state index is 13.3. The number of hydrogen-bond donors (Lipinski definition) is 1. The molecule has 0 aliphatic carbocycles. The third kappa shape index (κ3) is 12.4. The number of phenolic OH excluding ortho intramolecular Hbond substituents is 1. The molecule has 12 aromatic rings. The summed E-state index contributed by atoms with van der Waals surface area (Å²) in [6.45, 7) is 15.0. The fourth-order valence-electron chi connectivity index (χ4n) is 12.1. The van der Waals surface area contributed by atoms with Gasteiger partial charge in [0.2, 0.25) is 0 Å². The molecule has 0 radical (unpaired) electrons. The first-order valence-electron chi connectivity index (χ1n) is 30.4. The van der Waals surface area contributed by atoms with Gasteiger partial charge in [-0.1, -0.05) is 24.3 Å². The fourth-order valence-corrected chi connectivity index (χ4v) is 16.3. The molecule has 0 saturated carbocycles. The number of aromatic hydroxyl groups is 1. The average Bonchev–Trinajstić information content (AvgIpc) is 1.60. The van der Waals surface area contributed by atoms with E-state index < -0.39 is 0 Å². The Morgan fingerprint density at radius 2 is 0.978 bits per heavy atom. The molecule has 92 heavy (non-hydrogen) atoms.